The van der Waals surface area contributed by atoms with Gasteiger partial charge in [0.15, 0.2) is 12.6 Å². The highest BCUT2D eigenvalue weighted by Gasteiger charge is 2.42. The summed E-state index contributed by atoms with van der Waals surface area (Å²) in [5, 5.41) is 20.8. The van der Waals surface area contributed by atoms with Gasteiger partial charge in [0.05, 0.1) is 24.4 Å². The zero-order chi connectivity index (χ0) is 21.3. The first-order valence-electron chi connectivity index (χ1n) is 12.2. The lowest BCUT2D eigenvalue weighted by molar-refractivity contribution is -0.194. The van der Waals surface area contributed by atoms with E-state index in [1.54, 1.807) is 0 Å². The fourth-order valence-electron chi connectivity index (χ4n) is 4.70. The largest absolute Gasteiger partial charge is 0.390 e. The van der Waals surface area contributed by atoms with Gasteiger partial charge in [-0.2, -0.15) is 0 Å². The van der Waals surface area contributed by atoms with Crippen molar-refractivity contribution in [3.05, 3.63) is 12.2 Å². The van der Waals surface area contributed by atoms with Crippen molar-refractivity contribution in [2.75, 3.05) is 13.2 Å². The fraction of sp³-hybridized carbons (Fsp3) is 0.917. The van der Waals surface area contributed by atoms with Crippen LogP contribution in [0.15, 0.2) is 12.2 Å². The van der Waals surface area contributed by atoms with E-state index < -0.39 is 12.2 Å². The average molecular weight is 444 g/mol. The number of unbranched alkanes of at least 4 members (excludes halogenated alkanes) is 1. The standard InChI is InChI=1S/C24H42O6.HO/c1-3-4-9-17(2)20(29-22-10-5-7-14-27-22)13-12-18-21(16-19(25)24(18)26)30-23-11-6-8-15-28-23;/h12-13,17-26H,3-11,14-16H2,1-2H3;1H/t17?,18-,19-,20+,21+,22?,23?,24+;/m0./s1. The van der Waals surface area contributed by atoms with E-state index in [1.807, 2.05) is 6.08 Å². The highest BCUT2D eigenvalue weighted by molar-refractivity contribution is 5.06. The Hall–Kier alpha value is -0.540. The minimum atomic E-state index is -0.827. The molecule has 31 heavy (non-hydrogen) atoms. The minimum Gasteiger partial charge on any atom is -0.390 e. The molecule has 181 valence electrons. The molecule has 2 heterocycles. The van der Waals surface area contributed by atoms with Crippen LogP contribution in [-0.2, 0) is 18.9 Å². The molecule has 3 unspecified atom stereocenters. The second-order valence-corrected chi connectivity index (χ2v) is 9.24. The molecule has 7 heteroatoms. The Kier molecular flexibility index (Phi) is 12.0. The molecule has 0 bridgehead atoms. The summed E-state index contributed by atoms with van der Waals surface area (Å²) in [7, 11) is 0. The SMILES string of the molecule is CCCCC(C)[C@@H](C=C[C@@H]1[C@@H](O)[C@@H](O)C[C@H]1OC1CCCCO1)OC1CCCCO1.[OH]. The van der Waals surface area contributed by atoms with E-state index in [0.717, 1.165) is 71.0 Å². The van der Waals surface area contributed by atoms with Gasteiger partial charge < -0.3 is 29.2 Å². The van der Waals surface area contributed by atoms with Crippen molar-refractivity contribution in [3.8, 4) is 0 Å². The van der Waals surface area contributed by atoms with Crippen LogP contribution in [0.3, 0.4) is 0 Å². The van der Waals surface area contributed by atoms with Crippen LogP contribution in [0, 0.1) is 11.8 Å². The van der Waals surface area contributed by atoms with Gasteiger partial charge in [-0.1, -0.05) is 38.8 Å². The van der Waals surface area contributed by atoms with Crippen LogP contribution in [0.4, 0.5) is 0 Å². The lowest BCUT2D eigenvalue weighted by Gasteiger charge is -2.30. The van der Waals surface area contributed by atoms with Crippen LogP contribution in [-0.4, -0.2) is 65.9 Å². The molecule has 8 atom stereocenters. The monoisotopic (exact) mass is 443 g/mol. The van der Waals surface area contributed by atoms with Gasteiger partial charge in [-0.25, -0.2) is 0 Å². The van der Waals surface area contributed by atoms with Gasteiger partial charge in [-0.05, 0) is 50.9 Å². The number of aliphatic hydroxyl groups excluding tert-OH is 2. The van der Waals surface area contributed by atoms with Gasteiger partial charge in [0.1, 0.15) is 0 Å². The Bertz CT molecular complexity index is 502. The van der Waals surface area contributed by atoms with Crippen molar-refractivity contribution in [2.45, 2.75) is 115 Å². The van der Waals surface area contributed by atoms with Gasteiger partial charge in [-0.3, -0.25) is 5.48 Å². The minimum absolute atomic E-state index is 0. The predicted molar refractivity (Wildman–Crippen MR) is 117 cm³/mol. The van der Waals surface area contributed by atoms with Crippen molar-refractivity contribution in [2.24, 2.45) is 11.8 Å². The molecule has 3 N–H and O–H groups in total. The molecule has 3 rings (SSSR count). The van der Waals surface area contributed by atoms with Gasteiger partial charge in [0, 0.05) is 25.6 Å². The van der Waals surface area contributed by atoms with Crippen molar-refractivity contribution in [1.82, 2.24) is 0 Å². The molecule has 2 saturated heterocycles. The normalized spacial score (nSPS) is 36.3. The number of aliphatic hydroxyl groups is 2. The van der Waals surface area contributed by atoms with E-state index in [0.29, 0.717) is 12.3 Å². The molecule has 0 aromatic rings. The van der Waals surface area contributed by atoms with Gasteiger partial charge >= 0.3 is 0 Å². The Labute approximate surface area is 187 Å². The topological polar surface area (TPSA) is 107 Å². The van der Waals surface area contributed by atoms with E-state index in [9.17, 15) is 10.2 Å². The number of hydrogen-bond acceptors (Lipinski definition) is 6. The number of hydrogen-bond donors (Lipinski definition) is 3. The Balaban J connectivity index is 0.00000341. The molecule has 1 aliphatic carbocycles. The van der Waals surface area contributed by atoms with Crippen LogP contribution in [0.25, 0.3) is 0 Å². The van der Waals surface area contributed by atoms with E-state index in [1.165, 1.54) is 0 Å². The molecule has 0 aromatic carbocycles. The van der Waals surface area contributed by atoms with Gasteiger partial charge in [-0.15, -0.1) is 0 Å². The molecule has 0 spiro atoms. The van der Waals surface area contributed by atoms with Crippen molar-refractivity contribution >= 4 is 0 Å². The van der Waals surface area contributed by atoms with E-state index >= 15 is 0 Å². The summed E-state index contributed by atoms with van der Waals surface area (Å²) in [5.41, 5.74) is 0. The number of rotatable bonds is 10. The fourth-order valence-corrected chi connectivity index (χ4v) is 4.70. The first-order chi connectivity index (χ1) is 14.6. The van der Waals surface area contributed by atoms with Crippen molar-refractivity contribution < 1.29 is 34.6 Å². The van der Waals surface area contributed by atoms with Crippen molar-refractivity contribution in [3.63, 3.8) is 0 Å². The summed E-state index contributed by atoms with van der Waals surface area (Å²) in [4.78, 5) is 0. The Morgan fingerprint density at radius 2 is 1.71 bits per heavy atom. The molecular weight excluding hydrogens is 400 g/mol. The second-order valence-electron chi connectivity index (χ2n) is 9.24. The zero-order valence-electron chi connectivity index (χ0n) is 19.2. The molecule has 2 aliphatic heterocycles. The first-order valence-corrected chi connectivity index (χ1v) is 12.2. The molecule has 3 aliphatic rings. The van der Waals surface area contributed by atoms with Crippen LogP contribution in [0.1, 0.15) is 78.1 Å². The number of ether oxygens (including phenoxy) is 4. The smallest absolute Gasteiger partial charge is 0.158 e. The third-order valence-corrected chi connectivity index (χ3v) is 6.70. The summed E-state index contributed by atoms with van der Waals surface area (Å²) in [6, 6.07) is 0. The highest BCUT2D eigenvalue weighted by atomic mass is 16.7. The van der Waals surface area contributed by atoms with Gasteiger partial charge in [0.2, 0.25) is 0 Å². The Morgan fingerprint density at radius 3 is 2.32 bits per heavy atom. The summed E-state index contributed by atoms with van der Waals surface area (Å²) >= 11 is 0. The lowest BCUT2D eigenvalue weighted by atomic mass is 9.95. The predicted octanol–water partition coefficient (Wildman–Crippen LogP) is 3.76. The summed E-state index contributed by atoms with van der Waals surface area (Å²) in [6.45, 7) is 5.90. The van der Waals surface area contributed by atoms with Crippen LogP contribution in [0.5, 0.6) is 0 Å². The molecule has 0 aromatic heterocycles. The highest BCUT2D eigenvalue weighted by Crippen LogP contribution is 2.33. The third-order valence-electron chi connectivity index (χ3n) is 6.70. The second kappa shape index (κ2) is 13.9. The lowest BCUT2D eigenvalue weighted by Crippen LogP contribution is -2.33. The maximum atomic E-state index is 10.6. The first kappa shape index (κ1) is 26.7. The van der Waals surface area contributed by atoms with E-state index in [-0.39, 0.29) is 36.2 Å². The van der Waals surface area contributed by atoms with Crippen LogP contribution in [0.2, 0.25) is 0 Å². The zero-order valence-corrected chi connectivity index (χ0v) is 19.2. The summed E-state index contributed by atoms with van der Waals surface area (Å²) in [5.74, 6) is 0.0958. The van der Waals surface area contributed by atoms with Crippen LogP contribution >= 0.6 is 0 Å². The maximum Gasteiger partial charge on any atom is 0.158 e. The van der Waals surface area contributed by atoms with E-state index in [4.69, 9.17) is 18.9 Å². The molecule has 3 fully saturated rings. The molecule has 1 radical (unpaired) electrons. The molecule has 7 nitrogen and oxygen atoms in total. The Morgan fingerprint density at radius 1 is 1.03 bits per heavy atom. The van der Waals surface area contributed by atoms with Crippen LogP contribution < -0.4 is 0 Å². The average Bonchev–Trinajstić information content (AvgIpc) is 3.03. The quantitative estimate of drug-likeness (QED) is 0.444. The molecule has 0 amide bonds. The molecular formula is C24H43O7. The van der Waals surface area contributed by atoms with Crippen molar-refractivity contribution in [1.29, 1.82) is 0 Å². The summed E-state index contributed by atoms with van der Waals surface area (Å²) < 4.78 is 24.0. The summed E-state index contributed by atoms with van der Waals surface area (Å²) in [6.07, 6.45) is 11.8. The van der Waals surface area contributed by atoms with Gasteiger partial charge in [0.25, 0.3) is 0 Å². The molecule has 1 saturated carbocycles. The maximum absolute atomic E-state index is 10.6. The third kappa shape index (κ3) is 8.07. The van der Waals surface area contributed by atoms with E-state index in [2.05, 4.69) is 19.9 Å².